The van der Waals surface area contributed by atoms with Crippen molar-refractivity contribution in [3.8, 4) is 11.5 Å². The largest absolute Gasteiger partial charge is 0.505 e. The molecule has 0 aliphatic rings. The smallest absolute Gasteiger partial charge is 0.296 e. The molecule has 4 rings (SSSR count). The first-order valence-corrected chi connectivity index (χ1v) is 14.2. The van der Waals surface area contributed by atoms with Crippen LogP contribution in [0, 0.1) is 10.1 Å². The third-order valence-electron chi connectivity index (χ3n) is 5.41. The number of anilines is 1. The number of phenolic OH excluding ortho intramolecular Hbond substituents is 2. The molecule has 22 heteroatoms. The van der Waals surface area contributed by atoms with Crippen LogP contribution in [0.5, 0.6) is 11.5 Å². The fourth-order valence-corrected chi connectivity index (χ4v) is 5.16. The van der Waals surface area contributed by atoms with E-state index in [0.29, 0.717) is 23.4 Å². The molecule has 0 aliphatic heterocycles. The van der Waals surface area contributed by atoms with Crippen molar-refractivity contribution in [3.63, 3.8) is 0 Å². The van der Waals surface area contributed by atoms with Gasteiger partial charge in [0.05, 0.1) is 49.9 Å². The second kappa shape index (κ2) is 13.9. The van der Waals surface area contributed by atoms with Crippen LogP contribution in [0.1, 0.15) is 0 Å². The van der Waals surface area contributed by atoms with Gasteiger partial charge in [-0.1, -0.05) is 10.1 Å². The molecule has 0 amide bonds. The number of rotatable bonds is 12. The number of non-ortho nitro benzene ring substituents is 1. The third-order valence-corrected chi connectivity index (χ3v) is 7.53. The van der Waals surface area contributed by atoms with E-state index in [0.717, 1.165) is 30.3 Å². The summed E-state index contributed by atoms with van der Waals surface area (Å²) in [5, 5.41) is 72.4. The molecule has 19 nitrogen and oxygen atoms in total. The van der Waals surface area contributed by atoms with Crippen LogP contribution in [0.3, 0.4) is 0 Å². The summed E-state index contributed by atoms with van der Waals surface area (Å²) in [7, 11) is -5.12. The highest BCUT2D eigenvalue weighted by Gasteiger charge is 2.26. The number of benzene rings is 4. The van der Waals surface area contributed by atoms with Crippen LogP contribution in [0.4, 0.5) is 34.1 Å². The molecule has 0 fully saturated rings. The lowest BCUT2D eigenvalue weighted by Gasteiger charge is -2.13. The van der Waals surface area contributed by atoms with Crippen molar-refractivity contribution < 1.29 is 57.4 Å². The predicted molar refractivity (Wildman–Crippen MR) is 151 cm³/mol. The number of nitrogens with zero attached hydrogens (tertiary/aromatic N) is 5. The SMILES string of the molecule is Nc1ccc(N=Nc2c(SOOO)cc3cc(S(=O)(=O)O)c(N=Nc4ccc([N+](=O)[O-])cc4SOOO)c(O)c3c2O)cc1. The van der Waals surface area contributed by atoms with Gasteiger partial charge in [-0.3, -0.25) is 14.7 Å². The molecule has 0 saturated carbocycles. The number of hydrogen-bond acceptors (Lipinski definition) is 19. The van der Waals surface area contributed by atoms with Gasteiger partial charge in [0.15, 0.2) is 11.5 Å². The number of fused-ring (bicyclic) bond motifs is 1. The molecule has 4 aromatic rings. The molecule has 0 unspecified atom stereocenters. The van der Waals surface area contributed by atoms with E-state index in [1.807, 2.05) is 0 Å². The summed E-state index contributed by atoms with van der Waals surface area (Å²) in [6.07, 6.45) is 0. The second-order valence-corrected chi connectivity index (χ2v) is 10.9. The molecule has 0 saturated heterocycles. The zero-order valence-corrected chi connectivity index (χ0v) is 23.7. The Morgan fingerprint density at radius 2 is 1.43 bits per heavy atom. The third kappa shape index (κ3) is 7.34. The van der Waals surface area contributed by atoms with E-state index in [4.69, 9.17) is 16.2 Å². The highest BCUT2D eigenvalue weighted by Crippen LogP contribution is 2.51. The van der Waals surface area contributed by atoms with Crippen molar-refractivity contribution >= 4 is 79.1 Å². The summed E-state index contributed by atoms with van der Waals surface area (Å²) in [6, 6.07) is 11.1. The van der Waals surface area contributed by atoms with E-state index >= 15 is 0 Å². The van der Waals surface area contributed by atoms with Crippen molar-refractivity contribution in [3.05, 3.63) is 64.7 Å². The molecule has 230 valence electrons. The molecule has 0 spiro atoms. The normalized spacial score (nSPS) is 12.1. The average molecular weight is 669 g/mol. The standard InChI is InChI=1S/C22H16N6O13S3/c23-11-1-3-12(4-2-11)24-26-19-16(43-41-39-34)7-10-8-17(44(35,36)37)20(22(30)18(10)21(19)29)27-25-14-6-5-13(28(31)32)9-15(14)42-40-38-33/h1-9,29-30,33-34H,23H2,(H,35,36,37). The zero-order valence-electron chi connectivity index (χ0n) is 21.2. The van der Waals surface area contributed by atoms with Gasteiger partial charge in [-0.15, -0.1) is 24.0 Å². The average Bonchev–Trinajstić information content (AvgIpc) is 2.98. The summed E-state index contributed by atoms with van der Waals surface area (Å²) in [6.45, 7) is 0. The Morgan fingerprint density at radius 1 is 0.818 bits per heavy atom. The number of nitrogen functional groups attached to an aromatic ring is 1. The van der Waals surface area contributed by atoms with E-state index in [1.54, 1.807) is 0 Å². The van der Waals surface area contributed by atoms with E-state index in [2.05, 4.69) is 39.2 Å². The van der Waals surface area contributed by atoms with E-state index in [1.165, 1.54) is 24.3 Å². The quantitative estimate of drug-likeness (QED) is 0.0174. The Labute approximate surface area is 253 Å². The van der Waals surface area contributed by atoms with E-state index < -0.39 is 48.2 Å². The first kappa shape index (κ1) is 32.4. The number of aromatic hydroxyl groups is 2. The molecule has 0 aromatic heterocycles. The summed E-state index contributed by atoms with van der Waals surface area (Å²) < 4.78 is 43.2. The number of nitrogens with two attached hydrogens (primary N) is 1. The van der Waals surface area contributed by atoms with Gasteiger partial charge in [0.25, 0.3) is 15.8 Å². The van der Waals surface area contributed by atoms with Crippen LogP contribution in [-0.2, 0) is 28.9 Å². The van der Waals surface area contributed by atoms with Crippen LogP contribution in [0.2, 0.25) is 0 Å². The zero-order chi connectivity index (χ0) is 32.0. The maximum Gasteiger partial charge on any atom is 0.296 e. The lowest BCUT2D eigenvalue weighted by atomic mass is 10.1. The van der Waals surface area contributed by atoms with Crippen molar-refractivity contribution in [2.24, 2.45) is 20.5 Å². The van der Waals surface area contributed by atoms with Crippen LogP contribution in [0.25, 0.3) is 10.8 Å². The highest BCUT2D eigenvalue weighted by molar-refractivity contribution is 7.95. The summed E-state index contributed by atoms with van der Waals surface area (Å²) >= 11 is 0.599. The molecule has 0 heterocycles. The van der Waals surface area contributed by atoms with Gasteiger partial charge in [-0.2, -0.15) is 13.5 Å². The fourth-order valence-electron chi connectivity index (χ4n) is 3.54. The Bertz CT molecular complexity index is 1890. The van der Waals surface area contributed by atoms with Crippen molar-refractivity contribution in [2.75, 3.05) is 5.73 Å². The van der Waals surface area contributed by atoms with Gasteiger partial charge in [0.2, 0.25) is 0 Å². The Hall–Kier alpha value is -4.49. The molecule has 44 heavy (non-hydrogen) atoms. The Balaban J connectivity index is 1.93. The summed E-state index contributed by atoms with van der Waals surface area (Å²) in [5.41, 5.74) is 4.57. The lowest BCUT2D eigenvalue weighted by molar-refractivity contribution is -0.432. The molecule has 7 N–H and O–H groups in total. The minimum atomic E-state index is -5.12. The highest BCUT2D eigenvalue weighted by atomic mass is 32.2. The van der Waals surface area contributed by atoms with Gasteiger partial charge < -0.3 is 15.9 Å². The number of azo groups is 2. The lowest BCUT2D eigenvalue weighted by Crippen LogP contribution is -1.99. The van der Waals surface area contributed by atoms with Crippen LogP contribution >= 0.6 is 24.1 Å². The Kier molecular flexibility index (Phi) is 10.2. The first-order chi connectivity index (χ1) is 20.9. The van der Waals surface area contributed by atoms with Crippen molar-refractivity contribution in [1.29, 1.82) is 0 Å². The summed E-state index contributed by atoms with van der Waals surface area (Å²) in [4.78, 5) is 9.19. The Morgan fingerprint density at radius 3 is 2.05 bits per heavy atom. The predicted octanol–water partition coefficient (Wildman–Crippen LogP) is 6.68. The fraction of sp³-hybridized carbons (Fsp3) is 0. The molecular formula is C22H16N6O13S3. The van der Waals surface area contributed by atoms with Crippen LogP contribution in [-0.4, -0.2) is 38.6 Å². The molecule has 0 aliphatic carbocycles. The van der Waals surface area contributed by atoms with Gasteiger partial charge in [0, 0.05) is 17.8 Å². The number of nitro groups is 1. The number of phenols is 2. The maximum atomic E-state index is 12.3. The van der Waals surface area contributed by atoms with Crippen molar-refractivity contribution in [2.45, 2.75) is 14.7 Å². The van der Waals surface area contributed by atoms with Crippen LogP contribution in [0.15, 0.2) is 89.7 Å². The summed E-state index contributed by atoms with van der Waals surface area (Å²) in [5.74, 6) is -1.77. The van der Waals surface area contributed by atoms with E-state index in [-0.39, 0.29) is 38.6 Å². The minimum Gasteiger partial charge on any atom is -0.505 e. The molecule has 0 atom stereocenters. The molecular weight excluding hydrogens is 652 g/mol. The molecule has 4 aromatic carbocycles. The topological polar surface area (TPSA) is 291 Å². The molecule has 0 bridgehead atoms. The molecule has 0 radical (unpaired) electrons. The van der Waals surface area contributed by atoms with Gasteiger partial charge in [-0.25, -0.2) is 10.5 Å². The van der Waals surface area contributed by atoms with Gasteiger partial charge in [-0.05, 0) is 47.9 Å². The minimum absolute atomic E-state index is 0.100. The monoisotopic (exact) mass is 668 g/mol. The van der Waals surface area contributed by atoms with Crippen LogP contribution < -0.4 is 5.73 Å². The first-order valence-electron chi connectivity index (χ1n) is 11.2. The second-order valence-electron chi connectivity index (χ2n) is 8.07. The van der Waals surface area contributed by atoms with Crippen molar-refractivity contribution in [1.82, 2.24) is 0 Å². The van der Waals surface area contributed by atoms with Gasteiger partial charge >= 0.3 is 0 Å². The maximum absolute atomic E-state index is 12.3. The van der Waals surface area contributed by atoms with E-state index in [9.17, 15) is 33.3 Å². The number of nitro benzene ring substituents is 1. The number of hydrogen-bond donors (Lipinski definition) is 6. The van der Waals surface area contributed by atoms with Gasteiger partial charge in [0.1, 0.15) is 22.0 Å².